The van der Waals surface area contributed by atoms with E-state index in [-0.39, 0.29) is 17.3 Å². The molecule has 2 aromatic rings. The Kier molecular flexibility index (Phi) is 3.85. The van der Waals surface area contributed by atoms with E-state index in [4.69, 9.17) is 0 Å². The van der Waals surface area contributed by atoms with Gasteiger partial charge in [-0.3, -0.25) is 4.79 Å². The number of rotatable bonds is 4. The summed E-state index contributed by atoms with van der Waals surface area (Å²) in [5.74, 6) is -0.536. The molecule has 1 atom stereocenters. The van der Waals surface area contributed by atoms with Crippen molar-refractivity contribution in [2.45, 2.75) is 19.3 Å². The first kappa shape index (κ1) is 13.1. The first-order valence-corrected chi connectivity index (χ1v) is 6.23. The maximum absolute atomic E-state index is 12.2. The van der Waals surface area contributed by atoms with Crippen LogP contribution in [0.4, 0.5) is 0 Å². The van der Waals surface area contributed by atoms with Gasteiger partial charge in [-0.15, -0.1) is 0 Å². The summed E-state index contributed by atoms with van der Waals surface area (Å²) in [4.78, 5) is 12.2. The highest BCUT2D eigenvalue weighted by molar-refractivity contribution is 5.89. The molecule has 0 amide bonds. The van der Waals surface area contributed by atoms with Gasteiger partial charge in [0.15, 0.2) is 0 Å². The monoisotopic (exact) mass is 256 g/mol. The van der Waals surface area contributed by atoms with Crippen molar-refractivity contribution in [3.63, 3.8) is 0 Å². The first-order valence-electron chi connectivity index (χ1n) is 6.23. The fraction of sp³-hybridized carbons (Fsp3) is 0.188. The highest BCUT2D eigenvalue weighted by atomic mass is 16.3. The Labute approximate surface area is 112 Å². The van der Waals surface area contributed by atoms with Gasteiger partial charge in [-0.05, 0) is 11.6 Å². The summed E-state index contributed by atoms with van der Waals surface area (Å²) in [5.41, 5.74) is 1.37. The number of hydrogen-bond acceptors (Lipinski definition) is 3. The lowest BCUT2D eigenvalue weighted by Gasteiger charge is -2.17. The van der Waals surface area contributed by atoms with Crippen molar-refractivity contribution in [2.24, 2.45) is 0 Å². The maximum Gasteiger partial charge on any atom is 0.144 e. The molecule has 0 bridgehead atoms. The number of hydrogen-bond donors (Lipinski definition) is 2. The van der Waals surface area contributed by atoms with E-state index in [1.165, 1.54) is 12.1 Å². The number of aromatic hydroxyl groups is 2. The Bertz CT molecular complexity index is 576. The van der Waals surface area contributed by atoms with Gasteiger partial charge in [0.2, 0.25) is 0 Å². The number of ketones is 1. The van der Waals surface area contributed by atoms with E-state index < -0.39 is 5.92 Å². The third kappa shape index (κ3) is 2.76. The van der Waals surface area contributed by atoms with Crippen molar-refractivity contribution in [1.82, 2.24) is 0 Å². The number of carbonyl (C=O) groups excluding carboxylic acids is 1. The topological polar surface area (TPSA) is 57.5 Å². The molecule has 3 nitrogen and oxygen atoms in total. The van der Waals surface area contributed by atoms with Crippen LogP contribution in [0.2, 0.25) is 0 Å². The molecule has 0 saturated heterocycles. The van der Waals surface area contributed by atoms with Crippen LogP contribution in [-0.2, 0) is 4.79 Å². The van der Waals surface area contributed by atoms with Crippen molar-refractivity contribution >= 4 is 5.78 Å². The summed E-state index contributed by atoms with van der Waals surface area (Å²) in [7, 11) is 0. The summed E-state index contributed by atoms with van der Waals surface area (Å²) in [5, 5.41) is 19.3. The molecular formula is C16H16O3. The van der Waals surface area contributed by atoms with E-state index in [1.54, 1.807) is 13.0 Å². The SMILES string of the molecule is CCC(=O)C(c1ccccc1)c1ccc(O)cc1O. The van der Waals surface area contributed by atoms with Crippen LogP contribution in [0.25, 0.3) is 0 Å². The molecule has 0 spiro atoms. The molecule has 0 heterocycles. The molecular weight excluding hydrogens is 240 g/mol. The molecule has 3 heteroatoms. The summed E-state index contributed by atoms with van der Waals surface area (Å²) < 4.78 is 0. The second-order valence-corrected chi connectivity index (χ2v) is 4.41. The van der Waals surface area contributed by atoms with Gasteiger partial charge in [0.25, 0.3) is 0 Å². The fourth-order valence-corrected chi connectivity index (χ4v) is 2.16. The Morgan fingerprint density at radius 3 is 2.37 bits per heavy atom. The van der Waals surface area contributed by atoms with Crippen LogP contribution in [-0.4, -0.2) is 16.0 Å². The van der Waals surface area contributed by atoms with Crippen LogP contribution in [0.5, 0.6) is 11.5 Å². The first-order chi connectivity index (χ1) is 9.13. The number of Topliss-reactive ketones (excluding diaryl/α,β-unsaturated/α-hetero) is 1. The molecule has 2 aromatic carbocycles. The van der Waals surface area contributed by atoms with E-state index in [1.807, 2.05) is 30.3 Å². The quantitative estimate of drug-likeness (QED) is 0.883. The average molecular weight is 256 g/mol. The molecule has 98 valence electrons. The number of phenolic OH excluding ortho intramolecular Hbond substituents is 2. The van der Waals surface area contributed by atoms with Gasteiger partial charge < -0.3 is 10.2 Å². The van der Waals surface area contributed by atoms with Crippen LogP contribution in [0, 0.1) is 0 Å². The number of benzene rings is 2. The van der Waals surface area contributed by atoms with Gasteiger partial charge in [-0.2, -0.15) is 0 Å². The molecule has 0 aromatic heterocycles. The van der Waals surface area contributed by atoms with Crippen LogP contribution < -0.4 is 0 Å². The zero-order valence-electron chi connectivity index (χ0n) is 10.7. The van der Waals surface area contributed by atoms with Gasteiger partial charge in [0, 0.05) is 18.1 Å². The van der Waals surface area contributed by atoms with Gasteiger partial charge in [0.05, 0.1) is 5.92 Å². The van der Waals surface area contributed by atoms with E-state index in [9.17, 15) is 15.0 Å². The van der Waals surface area contributed by atoms with Crippen LogP contribution in [0.15, 0.2) is 48.5 Å². The second-order valence-electron chi connectivity index (χ2n) is 4.41. The predicted octanol–water partition coefficient (Wildman–Crippen LogP) is 3.21. The Morgan fingerprint density at radius 1 is 1.11 bits per heavy atom. The third-order valence-electron chi connectivity index (χ3n) is 3.13. The summed E-state index contributed by atoms with van der Waals surface area (Å²) in [6.45, 7) is 1.80. The van der Waals surface area contributed by atoms with Crippen molar-refractivity contribution < 1.29 is 15.0 Å². The predicted molar refractivity (Wildman–Crippen MR) is 73.4 cm³/mol. The van der Waals surface area contributed by atoms with Crippen molar-refractivity contribution in [3.8, 4) is 11.5 Å². The Morgan fingerprint density at radius 2 is 1.79 bits per heavy atom. The summed E-state index contributed by atoms with van der Waals surface area (Å²) >= 11 is 0. The van der Waals surface area contributed by atoms with E-state index >= 15 is 0 Å². The van der Waals surface area contributed by atoms with Crippen molar-refractivity contribution in [2.75, 3.05) is 0 Å². The summed E-state index contributed by atoms with van der Waals surface area (Å²) in [6, 6.07) is 13.7. The minimum absolute atomic E-state index is 0.0167. The summed E-state index contributed by atoms with van der Waals surface area (Å²) in [6.07, 6.45) is 0.389. The number of phenols is 2. The van der Waals surface area contributed by atoms with E-state index in [0.717, 1.165) is 5.56 Å². The largest absolute Gasteiger partial charge is 0.508 e. The van der Waals surface area contributed by atoms with E-state index in [2.05, 4.69) is 0 Å². The Hall–Kier alpha value is -2.29. The zero-order valence-corrected chi connectivity index (χ0v) is 10.7. The molecule has 0 aliphatic heterocycles. The lowest BCUT2D eigenvalue weighted by Crippen LogP contribution is -2.13. The van der Waals surface area contributed by atoms with Crippen molar-refractivity contribution in [3.05, 3.63) is 59.7 Å². The number of carbonyl (C=O) groups is 1. The normalized spacial score (nSPS) is 12.1. The lowest BCUT2D eigenvalue weighted by molar-refractivity contribution is -0.119. The van der Waals surface area contributed by atoms with Crippen LogP contribution in [0.3, 0.4) is 0 Å². The smallest absolute Gasteiger partial charge is 0.144 e. The lowest BCUT2D eigenvalue weighted by atomic mass is 9.86. The highest BCUT2D eigenvalue weighted by Crippen LogP contribution is 2.34. The second kappa shape index (κ2) is 5.57. The standard InChI is InChI=1S/C16H16O3/c1-2-14(18)16(11-6-4-3-5-7-11)13-9-8-12(17)10-15(13)19/h3-10,16-17,19H,2H2,1H3. The molecule has 2 rings (SSSR count). The van der Waals surface area contributed by atoms with E-state index in [0.29, 0.717) is 12.0 Å². The van der Waals surface area contributed by atoms with Gasteiger partial charge in [0.1, 0.15) is 17.3 Å². The zero-order chi connectivity index (χ0) is 13.8. The molecule has 0 fully saturated rings. The van der Waals surface area contributed by atoms with Gasteiger partial charge in [-0.1, -0.05) is 43.3 Å². The van der Waals surface area contributed by atoms with Crippen molar-refractivity contribution in [1.29, 1.82) is 0 Å². The van der Waals surface area contributed by atoms with Crippen LogP contribution in [0.1, 0.15) is 30.4 Å². The Balaban J connectivity index is 2.52. The van der Waals surface area contributed by atoms with Gasteiger partial charge in [-0.25, -0.2) is 0 Å². The van der Waals surface area contributed by atoms with Gasteiger partial charge >= 0.3 is 0 Å². The average Bonchev–Trinajstić information content (AvgIpc) is 2.42. The highest BCUT2D eigenvalue weighted by Gasteiger charge is 2.23. The maximum atomic E-state index is 12.2. The molecule has 0 radical (unpaired) electrons. The van der Waals surface area contributed by atoms with Crippen LogP contribution >= 0.6 is 0 Å². The molecule has 0 aliphatic carbocycles. The molecule has 2 N–H and O–H groups in total. The fourth-order valence-electron chi connectivity index (χ4n) is 2.16. The third-order valence-corrected chi connectivity index (χ3v) is 3.13. The minimum atomic E-state index is -0.494. The molecule has 0 aliphatic rings. The molecule has 0 saturated carbocycles. The molecule has 1 unspecified atom stereocenters. The molecule has 19 heavy (non-hydrogen) atoms. The minimum Gasteiger partial charge on any atom is -0.508 e.